The Balaban J connectivity index is 2.41. The van der Waals surface area contributed by atoms with Gasteiger partial charge in [0.15, 0.2) is 0 Å². The summed E-state index contributed by atoms with van der Waals surface area (Å²) >= 11 is 0. The van der Waals surface area contributed by atoms with E-state index in [1.165, 1.54) is 24.1 Å². The minimum Gasteiger partial charge on any atom is -0.357 e. The highest BCUT2D eigenvalue weighted by Gasteiger charge is 2.31. The highest BCUT2D eigenvalue weighted by atomic mass is 32.2. The minimum absolute atomic E-state index is 0.146. The molecule has 0 aliphatic carbocycles. The molecule has 1 atom stereocenters. The van der Waals surface area contributed by atoms with Crippen LogP contribution in [-0.2, 0) is 26.2 Å². The van der Waals surface area contributed by atoms with Gasteiger partial charge < -0.3 is 10.2 Å². The Morgan fingerprint density at radius 2 is 1.77 bits per heavy atom. The quantitative estimate of drug-likeness (QED) is 0.637. The summed E-state index contributed by atoms with van der Waals surface area (Å²) in [4.78, 5) is 27.2. The lowest BCUT2D eigenvalue weighted by molar-refractivity contribution is -0.140. The Kier molecular flexibility index (Phi) is 8.15. The number of sulfonamides is 1. The van der Waals surface area contributed by atoms with Gasteiger partial charge in [0, 0.05) is 13.6 Å². The van der Waals surface area contributed by atoms with Crippen molar-refractivity contribution in [2.45, 2.75) is 32.9 Å². The van der Waals surface area contributed by atoms with Gasteiger partial charge in [0.25, 0.3) is 0 Å². The first kappa shape index (κ1) is 24.3. The molecule has 0 radical (unpaired) electrons. The fraction of sp³-hybridized carbons (Fsp3) is 0.364. The number of carbonyl (C=O) groups excluding carboxylic acids is 2. The topological polar surface area (TPSA) is 86.8 Å². The number of amides is 2. The summed E-state index contributed by atoms with van der Waals surface area (Å²) < 4.78 is 39.0. The monoisotopic (exact) mass is 449 g/mol. The molecule has 0 saturated carbocycles. The Labute approximate surface area is 182 Å². The average molecular weight is 450 g/mol. The van der Waals surface area contributed by atoms with Crippen molar-refractivity contribution in [3.8, 4) is 0 Å². The second kappa shape index (κ2) is 10.4. The first-order valence-electron chi connectivity index (χ1n) is 9.86. The van der Waals surface area contributed by atoms with Gasteiger partial charge in [-0.15, -0.1) is 0 Å². The smallest absolute Gasteiger partial charge is 0.244 e. The van der Waals surface area contributed by atoms with E-state index in [4.69, 9.17) is 0 Å². The lowest BCUT2D eigenvalue weighted by atomic mass is 10.1. The number of nitrogens with zero attached hydrogens (tertiary/aromatic N) is 2. The molecule has 0 bridgehead atoms. The van der Waals surface area contributed by atoms with E-state index in [-0.39, 0.29) is 18.1 Å². The molecular formula is C22H28FN3O4S. The predicted molar refractivity (Wildman–Crippen MR) is 118 cm³/mol. The van der Waals surface area contributed by atoms with E-state index in [1.807, 2.05) is 31.2 Å². The van der Waals surface area contributed by atoms with Crippen LogP contribution in [0.2, 0.25) is 0 Å². The van der Waals surface area contributed by atoms with Crippen molar-refractivity contribution in [2.75, 3.05) is 24.2 Å². The zero-order valence-electron chi connectivity index (χ0n) is 18.1. The minimum atomic E-state index is -3.83. The van der Waals surface area contributed by atoms with E-state index in [1.54, 1.807) is 6.92 Å². The molecular weight excluding hydrogens is 421 g/mol. The van der Waals surface area contributed by atoms with Crippen LogP contribution in [0.4, 0.5) is 10.1 Å². The molecule has 0 fully saturated rings. The van der Waals surface area contributed by atoms with Crippen LogP contribution in [0, 0.1) is 12.7 Å². The summed E-state index contributed by atoms with van der Waals surface area (Å²) in [5, 5.41) is 2.56. The van der Waals surface area contributed by atoms with Crippen molar-refractivity contribution < 1.29 is 22.4 Å². The van der Waals surface area contributed by atoms with Gasteiger partial charge in [-0.1, -0.05) is 36.8 Å². The average Bonchev–Trinajstić information content (AvgIpc) is 2.71. The van der Waals surface area contributed by atoms with Gasteiger partial charge in [0.1, 0.15) is 18.4 Å². The van der Waals surface area contributed by atoms with Crippen molar-refractivity contribution in [3.05, 3.63) is 65.5 Å². The summed E-state index contributed by atoms with van der Waals surface area (Å²) in [6.07, 6.45) is 1.33. The lowest BCUT2D eigenvalue weighted by Gasteiger charge is -2.32. The Morgan fingerprint density at radius 3 is 2.29 bits per heavy atom. The molecule has 0 unspecified atom stereocenters. The molecule has 2 amide bonds. The normalized spacial score (nSPS) is 12.2. The fourth-order valence-electron chi connectivity index (χ4n) is 3.31. The van der Waals surface area contributed by atoms with Crippen LogP contribution in [0.1, 0.15) is 24.5 Å². The fourth-order valence-corrected chi connectivity index (χ4v) is 4.16. The van der Waals surface area contributed by atoms with Gasteiger partial charge >= 0.3 is 0 Å². The molecule has 31 heavy (non-hydrogen) atoms. The van der Waals surface area contributed by atoms with Gasteiger partial charge in [0.05, 0.1) is 11.9 Å². The summed E-state index contributed by atoms with van der Waals surface area (Å²) in [6, 6.07) is 11.6. The van der Waals surface area contributed by atoms with Gasteiger partial charge in [0.2, 0.25) is 21.8 Å². The third-order valence-electron chi connectivity index (χ3n) is 4.86. The SMILES string of the molecule is CC[C@@H](C(=O)NC)N(Cc1cccc(C)c1)C(=O)CN(c1ccc(F)cc1)S(C)(=O)=O. The molecule has 0 spiro atoms. The highest BCUT2D eigenvalue weighted by molar-refractivity contribution is 7.92. The standard InChI is InChI=1S/C22H28FN3O4S/c1-5-20(22(28)24-3)25(14-17-8-6-7-16(2)13-17)21(27)15-26(31(4,29)30)19-11-9-18(23)10-12-19/h6-13,20H,5,14-15H2,1-4H3,(H,24,28)/t20-/m0/s1. The number of nitrogens with one attached hydrogen (secondary N) is 1. The third-order valence-corrected chi connectivity index (χ3v) is 6.00. The van der Waals surface area contributed by atoms with Crippen molar-refractivity contribution in [1.82, 2.24) is 10.2 Å². The van der Waals surface area contributed by atoms with Crippen LogP contribution < -0.4 is 9.62 Å². The number of hydrogen-bond donors (Lipinski definition) is 1. The Bertz CT molecular complexity index is 1030. The van der Waals surface area contributed by atoms with Gasteiger partial charge in [-0.25, -0.2) is 12.8 Å². The molecule has 1 N–H and O–H groups in total. The number of halogens is 1. The first-order valence-corrected chi connectivity index (χ1v) is 11.7. The van der Waals surface area contributed by atoms with Crippen molar-refractivity contribution in [3.63, 3.8) is 0 Å². The molecule has 0 aliphatic rings. The van der Waals surface area contributed by atoms with Crippen LogP contribution >= 0.6 is 0 Å². The molecule has 0 aliphatic heterocycles. The number of benzene rings is 2. The van der Waals surface area contributed by atoms with E-state index in [0.717, 1.165) is 33.8 Å². The Hall–Kier alpha value is -2.94. The number of aryl methyl sites for hydroxylation is 1. The molecule has 9 heteroatoms. The molecule has 7 nitrogen and oxygen atoms in total. The van der Waals surface area contributed by atoms with Gasteiger partial charge in [-0.2, -0.15) is 0 Å². The molecule has 2 rings (SSSR count). The lowest BCUT2D eigenvalue weighted by Crippen LogP contribution is -2.51. The maximum atomic E-state index is 13.3. The zero-order chi connectivity index (χ0) is 23.2. The predicted octanol–water partition coefficient (Wildman–Crippen LogP) is 2.45. The highest BCUT2D eigenvalue weighted by Crippen LogP contribution is 2.20. The van der Waals surface area contributed by atoms with Gasteiger partial charge in [-0.3, -0.25) is 13.9 Å². The number of carbonyl (C=O) groups is 2. The van der Waals surface area contributed by atoms with Crippen LogP contribution in [0.3, 0.4) is 0 Å². The second-order valence-electron chi connectivity index (χ2n) is 7.30. The van der Waals surface area contributed by atoms with Crippen molar-refractivity contribution in [2.24, 2.45) is 0 Å². The number of hydrogen-bond acceptors (Lipinski definition) is 4. The molecule has 2 aromatic rings. The van der Waals surface area contributed by atoms with Crippen LogP contribution in [0.25, 0.3) is 0 Å². The van der Waals surface area contributed by atoms with E-state index < -0.39 is 34.3 Å². The van der Waals surface area contributed by atoms with Crippen LogP contribution in [0.5, 0.6) is 0 Å². The van der Waals surface area contributed by atoms with Gasteiger partial charge in [-0.05, 0) is 43.2 Å². The van der Waals surface area contributed by atoms with E-state index in [9.17, 15) is 22.4 Å². The summed E-state index contributed by atoms with van der Waals surface area (Å²) in [6.45, 7) is 3.34. The molecule has 168 valence electrons. The van der Waals surface area contributed by atoms with Crippen molar-refractivity contribution >= 4 is 27.5 Å². The molecule has 2 aromatic carbocycles. The maximum absolute atomic E-state index is 13.3. The second-order valence-corrected chi connectivity index (χ2v) is 9.20. The summed E-state index contributed by atoms with van der Waals surface area (Å²) in [5.41, 5.74) is 1.99. The summed E-state index contributed by atoms with van der Waals surface area (Å²) in [7, 11) is -2.35. The van der Waals surface area contributed by atoms with E-state index in [2.05, 4.69) is 5.32 Å². The molecule has 0 saturated heterocycles. The maximum Gasteiger partial charge on any atom is 0.244 e. The van der Waals surface area contributed by atoms with Crippen molar-refractivity contribution in [1.29, 1.82) is 0 Å². The van der Waals surface area contributed by atoms with E-state index >= 15 is 0 Å². The first-order chi connectivity index (χ1) is 14.6. The van der Waals surface area contributed by atoms with E-state index in [0.29, 0.717) is 6.42 Å². The molecule has 0 aromatic heterocycles. The number of anilines is 1. The summed E-state index contributed by atoms with van der Waals surface area (Å²) in [5.74, 6) is -1.39. The van der Waals surface area contributed by atoms with Crippen LogP contribution in [-0.4, -0.2) is 51.0 Å². The van der Waals surface area contributed by atoms with Crippen LogP contribution in [0.15, 0.2) is 48.5 Å². The molecule has 0 heterocycles. The number of rotatable bonds is 9. The third kappa shape index (κ3) is 6.52. The zero-order valence-corrected chi connectivity index (χ0v) is 18.9. The Morgan fingerprint density at radius 1 is 1.13 bits per heavy atom. The largest absolute Gasteiger partial charge is 0.357 e. The number of likely N-dealkylation sites (N-methyl/N-ethyl adjacent to an activating group) is 1.